The van der Waals surface area contributed by atoms with Crippen LogP contribution in [0, 0.1) is 0 Å². The van der Waals surface area contributed by atoms with Crippen molar-refractivity contribution in [1.29, 1.82) is 0 Å². The standard InChI is InChI=1S/C12H25N9S2/c1-13-11(22)17-5-3-15-7-9-19-10(21-20-9)8-16-4-6-18-12(23)14-2/h15-16H,3-8H2,1-2H3,(H2,13,17,22)(H2,14,18,23)(H,19,20,21). The summed E-state index contributed by atoms with van der Waals surface area (Å²) in [5, 5.41) is 26.7. The van der Waals surface area contributed by atoms with Crippen LogP contribution in [0.25, 0.3) is 0 Å². The lowest BCUT2D eigenvalue weighted by atomic mass is 10.5. The van der Waals surface area contributed by atoms with Crippen molar-refractivity contribution >= 4 is 34.7 Å². The van der Waals surface area contributed by atoms with Gasteiger partial charge in [0.15, 0.2) is 16.0 Å². The summed E-state index contributed by atoms with van der Waals surface area (Å²) in [5.74, 6) is 1.56. The average Bonchev–Trinajstić information content (AvgIpc) is 3.01. The molecule has 11 heteroatoms. The second-order valence-corrected chi connectivity index (χ2v) is 5.38. The number of rotatable bonds is 10. The molecular formula is C12H25N9S2. The molecule has 0 aliphatic carbocycles. The van der Waals surface area contributed by atoms with Crippen molar-refractivity contribution in [3.63, 3.8) is 0 Å². The highest BCUT2D eigenvalue weighted by Crippen LogP contribution is 1.91. The molecule has 0 atom stereocenters. The number of hydrogen-bond donors (Lipinski definition) is 7. The maximum absolute atomic E-state index is 4.98. The normalized spacial score (nSPS) is 10.2. The summed E-state index contributed by atoms with van der Waals surface area (Å²) >= 11 is 9.96. The van der Waals surface area contributed by atoms with E-state index in [2.05, 4.69) is 47.1 Å². The van der Waals surface area contributed by atoms with Crippen LogP contribution >= 0.6 is 24.4 Å². The molecule has 0 aliphatic rings. The number of aromatic nitrogens is 3. The molecule has 0 amide bonds. The monoisotopic (exact) mass is 359 g/mol. The molecule has 0 unspecified atom stereocenters. The molecule has 0 fully saturated rings. The van der Waals surface area contributed by atoms with Gasteiger partial charge in [0, 0.05) is 40.3 Å². The van der Waals surface area contributed by atoms with E-state index < -0.39 is 0 Å². The van der Waals surface area contributed by atoms with Crippen molar-refractivity contribution < 1.29 is 0 Å². The van der Waals surface area contributed by atoms with Crippen molar-refractivity contribution in [3.05, 3.63) is 11.6 Å². The van der Waals surface area contributed by atoms with Crippen LogP contribution in [0.15, 0.2) is 0 Å². The third-order valence-electron chi connectivity index (χ3n) is 2.78. The first-order chi connectivity index (χ1) is 11.2. The topological polar surface area (TPSA) is 114 Å². The largest absolute Gasteiger partial charge is 0.366 e. The fourth-order valence-electron chi connectivity index (χ4n) is 1.61. The van der Waals surface area contributed by atoms with Crippen LogP contribution in [0.3, 0.4) is 0 Å². The van der Waals surface area contributed by atoms with E-state index in [4.69, 9.17) is 24.4 Å². The van der Waals surface area contributed by atoms with Crippen molar-refractivity contribution in [2.75, 3.05) is 40.3 Å². The minimum absolute atomic E-state index is 0.614. The zero-order chi connectivity index (χ0) is 16.9. The number of H-pyrrole nitrogens is 1. The van der Waals surface area contributed by atoms with Gasteiger partial charge in [-0.15, -0.1) is 0 Å². The molecule has 0 saturated heterocycles. The molecule has 0 aromatic carbocycles. The van der Waals surface area contributed by atoms with Gasteiger partial charge in [-0.1, -0.05) is 0 Å². The van der Waals surface area contributed by atoms with Gasteiger partial charge in [-0.3, -0.25) is 5.10 Å². The first kappa shape index (κ1) is 19.5. The van der Waals surface area contributed by atoms with E-state index in [0.29, 0.717) is 23.3 Å². The maximum atomic E-state index is 4.98. The minimum atomic E-state index is 0.614. The van der Waals surface area contributed by atoms with E-state index in [1.807, 2.05) is 0 Å². The van der Waals surface area contributed by atoms with E-state index in [9.17, 15) is 0 Å². The Kier molecular flexibility index (Phi) is 10.1. The highest BCUT2D eigenvalue weighted by atomic mass is 32.1. The number of thiocarbonyl (C=S) groups is 2. The van der Waals surface area contributed by atoms with Crippen LogP contribution in [-0.2, 0) is 13.1 Å². The number of hydrogen-bond acceptors (Lipinski definition) is 6. The van der Waals surface area contributed by atoms with E-state index in [-0.39, 0.29) is 0 Å². The summed E-state index contributed by atoms with van der Waals surface area (Å²) < 4.78 is 0. The van der Waals surface area contributed by atoms with Gasteiger partial charge in [-0.05, 0) is 24.4 Å². The Hall–Kier alpha value is -1.56. The van der Waals surface area contributed by atoms with E-state index >= 15 is 0 Å². The molecule has 23 heavy (non-hydrogen) atoms. The first-order valence-corrected chi connectivity index (χ1v) is 8.20. The lowest BCUT2D eigenvalue weighted by molar-refractivity contribution is 0.642. The summed E-state index contributed by atoms with van der Waals surface area (Å²) in [5.41, 5.74) is 0. The Morgan fingerprint density at radius 2 is 1.48 bits per heavy atom. The van der Waals surface area contributed by atoms with Gasteiger partial charge in [0.25, 0.3) is 0 Å². The van der Waals surface area contributed by atoms with Gasteiger partial charge in [0.1, 0.15) is 5.82 Å². The minimum Gasteiger partial charge on any atom is -0.366 e. The number of nitrogens with zero attached hydrogens (tertiary/aromatic N) is 2. The predicted molar refractivity (Wildman–Crippen MR) is 99.1 cm³/mol. The van der Waals surface area contributed by atoms with Crippen molar-refractivity contribution in [3.8, 4) is 0 Å². The van der Waals surface area contributed by atoms with E-state index in [1.54, 1.807) is 14.1 Å². The predicted octanol–water partition coefficient (Wildman–Crippen LogP) is -1.83. The molecule has 130 valence electrons. The summed E-state index contributed by atoms with van der Waals surface area (Å²) in [4.78, 5) is 4.40. The summed E-state index contributed by atoms with van der Waals surface area (Å²) in [6, 6.07) is 0. The van der Waals surface area contributed by atoms with E-state index in [1.165, 1.54) is 0 Å². The molecule has 1 aromatic heterocycles. The quantitative estimate of drug-likeness (QED) is 0.190. The van der Waals surface area contributed by atoms with Gasteiger partial charge < -0.3 is 31.9 Å². The third kappa shape index (κ3) is 9.23. The molecule has 1 heterocycles. The second kappa shape index (κ2) is 11.9. The molecule has 9 nitrogen and oxygen atoms in total. The lowest BCUT2D eigenvalue weighted by Gasteiger charge is -2.07. The van der Waals surface area contributed by atoms with Gasteiger partial charge in [0.05, 0.1) is 13.1 Å². The molecule has 0 spiro atoms. The van der Waals surface area contributed by atoms with Crippen LogP contribution in [0.2, 0.25) is 0 Å². The number of nitrogens with one attached hydrogen (secondary N) is 7. The van der Waals surface area contributed by atoms with Crippen LogP contribution in [0.5, 0.6) is 0 Å². The second-order valence-electron chi connectivity index (χ2n) is 4.56. The number of aromatic amines is 1. The zero-order valence-electron chi connectivity index (χ0n) is 13.5. The van der Waals surface area contributed by atoms with Gasteiger partial charge in [0.2, 0.25) is 0 Å². The van der Waals surface area contributed by atoms with Crippen LogP contribution < -0.4 is 31.9 Å². The van der Waals surface area contributed by atoms with Gasteiger partial charge in [-0.2, -0.15) is 5.10 Å². The Bertz CT molecular complexity index is 436. The third-order valence-corrected chi connectivity index (χ3v) is 3.48. The van der Waals surface area contributed by atoms with Crippen LogP contribution in [-0.4, -0.2) is 65.7 Å². The molecule has 1 rings (SSSR count). The summed E-state index contributed by atoms with van der Waals surface area (Å²) in [7, 11) is 3.58. The van der Waals surface area contributed by atoms with Crippen LogP contribution in [0.1, 0.15) is 11.6 Å². The molecule has 0 aliphatic heterocycles. The van der Waals surface area contributed by atoms with Gasteiger partial charge in [-0.25, -0.2) is 4.98 Å². The van der Waals surface area contributed by atoms with E-state index in [0.717, 1.165) is 37.8 Å². The fourth-order valence-corrected chi connectivity index (χ4v) is 1.81. The van der Waals surface area contributed by atoms with Crippen molar-refractivity contribution in [2.45, 2.75) is 13.1 Å². The SMILES string of the molecule is CNC(=S)NCCNCc1n[nH]c(CNCCNC(=S)NC)n1. The average molecular weight is 360 g/mol. The highest BCUT2D eigenvalue weighted by molar-refractivity contribution is 7.80. The highest BCUT2D eigenvalue weighted by Gasteiger charge is 2.02. The Balaban J connectivity index is 2.07. The Morgan fingerprint density at radius 3 is 2.04 bits per heavy atom. The molecule has 7 N–H and O–H groups in total. The van der Waals surface area contributed by atoms with Crippen LogP contribution in [0.4, 0.5) is 0 Å². The molecule has 0 saturated carbocycles. The molecule has 0 bridgehead atoms. The molecular weight excluding hydrogens is 334 g/mol. The zero-order valence-corrected chi connectivity index (χ0v) is 15.1. The fraction of sp³-hybridized carbons (Fsp3) is 0.667. The van der Waals surface area contributed by atoms with Crippen molar-refractivity contribution in [1.82, 2.24) is 47.1 Å². The maximum Gasteiger partial charge on any atom is 0.166 e. The van der Waals surface area contributed by atoms with Gasteiger partial charge >= 0.3 is 0 Å². The molecule has 0 radical (unpaired) electrons. The Labute approximate surface area is 147 Å². The first-order valence-electron chi connectivity index (χ1n) is 7.38. The lowest BCUT2D eigenvalue weighted by Crippen LogP contribution is -2.37. The smallest absolute Gasteiger partial charge is 0.166 e. The van der Waals surface area contributed by atoms with Crippen molar-refractivity contribution in [2.24, 2.45) is 0 Å². The summed E-state index contributed by atoms with van der Waals surface area (Å²) in [6.45, 7) is 4.32. The Morgan fingerprint density at radius 1 is 0.913 bits per heavy atom. The molecule has 1 aromatic rings. The summed E-state index contributed by atoms with van der Waals surface area (Å²) in [6.07, 6.45) is 0.